The van der Waals surface area contributed by atoms with Crippen molar-refractivity contribution >= 4 is 33.1 Å². The number of pyridine rings is 3. The quantitative estimate of drug-likeness (QED) is 0.427. The second kappa shape index (κ2) is 6.35. The van der Waals surface area contributed by atoms with Gasteiger partial charge in [-0.25, -0.2) is 0 Å². The van der Waals surface area contributed by atoms with Crippen LogP contribution in [0.4, 0.5) is 0 Å². The molecule has 0 aromatic carbocycles. The molecule has 138 valence electrons. The Labute approximate surface area is 169 Å². The summed E-state index contributed by atoms with van der Waals surface area (Å²) in [6, 6.07) is 12.2. The Morgan fingerprint density at radius 2 is 1.79 bits per heavy atom. The van der Waals surface area contributed by atoms with E-state index < -0.39 is 0 Å². The number of aromatic nitrogens is 6. The molecule has 6 rings (SSSR count). The molecule has 6 nitrogen and oxygen atoms in total. The molecule has 0 aliphatic carbocycles. The van der Waals surface area contributed by atoms with Crippen molar-refractivity contribution < 1.29 is 0 Å². The first-order valence-corrected chi connectivity index (χ1v) is 10.1. The molecule has 0 unspecified atom stereocenters. The van der Waals surface area contributed by atoms with E-state index in [2.05, 4.69) is 59.1 Å². The number of thiophene rings is 1. The van der Waals surface area contributed by atoms with Crippen molar-refractivity contribution in [1.82, 2.24) is 30.1 Å². The first-order valence-electron chi connectivity index (χ1n) is 9.12. The van der Waals surface area contributed by atoms with Crippen LogP contribution in [0.15, 0.2) is 71.9 Å². The van der Waals surface area contributed by atoms with E-state index in [0.717, 1.165) is 55.7 Å². The van der Waals surface area contributed by atoms with Crippen LogP contribution in [-0.2, 0) is 0 Å². The maximum Gasteiger partial charge on any atom is 0.116 e. The van der Waals surface area contributed by atoms with Crippen LogP contribution < -0.4 is 0 Å². The Hall–Kier alpha value is -3.84. The average Bonchev–Trinajstić information content (AvgIpc) is 3.52. The zero-order valence-electron chi connectivity index (χ0n) is 15.1. The van der Waals surface area contributed by atoms with E-state index in [9.17, 15) is 0 Å². The summed E-state index contributed by atoms with van der Waals surface area (Å²) >= 11 is 1.67. The van der Waals surface area contributed by atoms with E-state index in [4.69, 9.17) is 0 Å². The number of nitrogens with one attached hydrogen (secondary N) is 2. The minimum atomic E-state index is 0.861. The Kier molecular flexibility index (Phi) is 3.54. The lowest BCUT2D eigenvalue weighted by Crippen LogP contribution is -1.85. The molecule has 0 bridgehead atoms. The molecule has 29 heavy (non-hydrogen) atoms. The first-order chi connectivity index (χ1) is 14.4. The van der Waals surface area contributed by atoms with Gasteiger partial charge in [0.2, 0.25) is 0 Å². The third kappa shape index (κ3) is 2.63. The molecule has 6 heterocycles. The van der Waals surface area contributed by atoms with E-state index in [1.807, 2.05) is 36.8 Å². The summed E-state index contributed by atoms with van der Waals surface area (Å²) in [7, 11) is 0. The van der Waals surface area contributed by atoms with Crippen molar-refractivity contribution in [2.24, 2.45) is 0 Å². The highest BCUT2D eigenvalue weighted by atomic mass is 32.1. The van der Waals surface area contributed by atoms with Crippen LogP contribution in [0.25, 0.3) is 55.7 Å². The van der Waals surface area contributed by atoms with Crippen molar-refractivity contribution in [1.29, 1.82) is 0 Å². The van der Waals surface area contributed by atoms with Crippen LogP contribution in [-0.4, -0.2) is 30.1 Å². The minimum Gasteiger partial charge on any atom is -0.353 e. The molecule has 0 saturated heterocycles. The molecule has 2 N–H and O–H groups in total. The van der Waals surface area contributed by atoms with Gasteiger partial charge in [-0.05, 0) is 41.8 Å². The lowest BCUT2D eigenvalue weighted by Gasteiger charge is -2.00. The third-order valence-corrected chi connectivity index (χ3v) is 5.69. The summed E-state index contributed by atoms with van der Waals surface area (Å²) in [5.74, 6) is 0. The maximum absolute atomic E-state index is 4.60. The molecule has 0 radical (unpaired) electrons. The van der Waals surface area contributed by atoms with Crippen LogP contribution in [0.2, 0.25) is 0 Å². The van der Waals surface area contributed by atoms with Gasteiger partial charge in [-0.1, -0.05) is 0 Å². The van der Waals surface area contributed by atoms with Gasteiger partial charge in [0, 0.05) is 51.4 Å². The van der Waals surface area contributed by atoms with Crippen molar-refractivity contribution in [2.75, 3.05) is 0 Å². The van der Waals surface area contributed by atoms with Crippen molar-refractivity contribution in [3.8, 4) is 33.9 Å². The smallest absolute Gasteiger partial charge is 0.116 e. The summed E-state index contributed by atoms with van der Waals surface area (Å²) in [4.78, 5) is 16.8. The zero-order chi connectivity index (χ0) is 19.2. The second-order valence-electron chi connectivity index (χ2n) is 6.74. The molecule has 0 amide bonds. The van der Waals surface area contributed by atoms with Crippen LogP contribution in [0, 0.1) is 0 Å². The van der Waals surface area contributed by atoms with Gasteiger partial charge in [0.05, 0.1) is 28.8 Å². The van der Waals surface area contributed by atoms with E-state index in [1.165, 1.54) is 0 Å². The Morgan fingerprint density at radius 1 is 0.828 bits per heavy atom. The number of hydrogen-bond donors (Lipinski definition) is 2. The number of fused-ring (bicyclic) bond motifs is 2. The summed E-state index contributed by atoms with van der Waals surface area (Å²) in [6.45, 7) is 0. The molecule has 0 aliphatic rings. The third-order valence-electron chi connectivity index (χ3n) is 5.00. The van der Waals surface area contributed by atoms with E-state index in [1.54, 1.807) is 17.5 Å². The lowest BCUT2D eigenvalue weighted by atomic mass is 10.1. The molecule has 0 aliphatic heterocycles. The van der Waals surface area contributed by atoms with Crippen molar-refractivity contribution in [3.05, 3.63) is 71.9 Å². The normalized spacial score (nSPS) is 11.4. The van der Waals surface area contributed by atoms with Gasteiger partial charge in [-0.3, -0.25) is 20.1 Å². The highest BCUT2D eigenvalue weighted by Crippen LogP contribution is 2.34. The fourth-order valence-electron chi connectivity index (χ4n) is 3.60. The molecule has 0 fully saturated rings. The minimum absolute atomic E-state index is 0.861. The summed E-state index contributed by atoms with van der Waals surface area (Å²) in [5, 5.41) is 13.9. The van der Waals surface area contributed by atoms with Gasteiger partial charge in [0.1, 0.15) is 5.69 Å². The largest absolute Gasteiger partial charge is 0.353 e. The fraction of sp³-hybridized carbons (Fsp3) is 0. The van der Waals surface area contributed by atoms with Crippen LogP contribution in [0.1, 0.15) is 0 Å². The number of H-pyrrole nitrogens is 2. The zero-order valence-corrected chi connectivity index (χ0v) is 15.9. The molecule has 6 aromatic rings. The van der Waals surface area contributed by atoms with E-state index in [-0.39, 0.29) is 0 Å². The highest BCUT2D eigenvalue weighted by molar-refractivity contribution is 7.08. The average molecular weight is 394 g/mol. The molecule has 0 saturated carbocycles. The highest BCUT2D eigenvalue weighted by Gasteiger charge is 2.15. The molecule has 0 spiro atoms. The summed E-state index contributed by atoms with van der Waals surface area (Å²) < 4.78 is 0. The van der Waals surface area contributed by atoms with Gasteiger partial charge in [-0.2, -0.15) is 16.4 Å². The Balaban J connectivity index is 1.53. The molecular weight excluding hydrogens is 380 g/mol. The first kappa shape index (κ1) is 16.1. The molecule has 6 aromatic heterocycles. The second-order valence-corrected chi connectivity index (χ2v) is 7.52. The van der Waals surface area contributed by atoms with E-state index >= 15 is 0 Å². The van der Waals surface area contributed by atoms with Gasteiger partial charge in [-0.15, -0.1) is 0 Å². The predicted octanol–water partition coefficient (Wildman–Crippen LogP) is 5.29. The monoisotopic (exact) mass is 394 g/mol. The number of rotatable bonds is 3. The van der Waals surface area contributed by atoms with E-state index in [0.29, 0.717) is 0 Å². The topological polar surface area (TPSA) is 83.1 Å². The predicted molar refractivity (Wildman–Crippen MR) is 116 cm³/mol. The Bertz CT molecular complexity index is 1450. The van der Waals surface area contributed by atoms with Crippen molar-refractivity contribution in [3.63, 3.8) is 0 Å². The SMILES string of the molecule is c1cncc(-c2cc3c(-c4cc5c(-c6ccsc6)nccc5[nH]4)n[nH]c3cn2)c1. The van der Waals surface area contributed by atoms with Gasteiger partial charge < -0.3 is 4.98 Å². The fourth-order valence-corrected chi connectivity index (χ4v) is 4.25. The van der Waals surface area contributed by atoms with Gasteiger partial charge in [0.25, 0.3) is 0 Å². The summed E-state index contributed by atoms with van der Waals surface area (Å²) in [6.07, 6.45) is 7.22. The molecular formula is C22H14N6S. The maximum atomic E-state index is 4.60. The number of aromatic amines is 2. The summed E-state index contributed by atoms with van der Waals surface area (Å²) in [5.41, 5.74) is 7.67. The van der Waals surface area contributed by atoms with Crippen LogP contribution >= 0.6 is 11.3 Å². The number of nitrogens with zero attached hydrogens (tertiary/aromatic N) is 4. The molecule has 7 heteroatoms. The van der Waals surface area contributed by atoms with Crippen molar-refractivity contribution in [2.45, 2.75) is 0 Å². The van der Waals surface area contributed by atoms with Crippen LogP contribution in [0.3, 0.4) is 0 Å². The lowest BCUT2D eigenvalue weighted by molar-refractivity contribution is 1.11. The number of hydrogen-bond acceptors (Lipinski definition) is 5. The molecule has 0 atom stereocenters. The standard InChI is InChI=1S/C22H14N6S/c1-2-13(10-23-5-1)18-8-16-20(11-25-18)27-28-22(16)19-9-15-17(26-19)3-6-24-21(15)14-4-7-29-12-14/h1-12,26H,(H,27,28). The van der Waals surface area contributed by atoms with Gasteiger partial charge in [0.15, 0.2) is 0 Å². The Morgan fingerprint density at radius 3 is 2.66 bits per heavy atom. The van der Waals surface area contributed by atoms with Crippen LogP contribution in [0.5, 0.6) is 0 Å². The van der Waals surface area contributed by atoms with Gasteiger partial charge >= 0.3 is 0 Å².